The van der Waals surface area contributed by atoms with Crippen molar-refractivity contribution in [2.45, 2.75) is 19.9 Å². The Morgan fingerprint density at radius 3 is 2.55 bits per heavy atom. The Balaban J connectivity index is 1.56. The number of nitrogens with zero attached hydrogens (tertiary/aromatic N) is 2. The van der Waals surface area contributed by atoms with Crippen LogP contribution in [-0.4, -0.2) is 26.2 Å². The second-order valence-electron chi connectivity index (χ2n) is 7.70. The molecule has 0 atom stereocenters. The van der Waals surface area contributed by atoms with Gasteiger partial charge in [0.25, 0.3) is 5.91 Å². The minimum Gasteiger partial charge on any atom is -0.342 e. The molecule has 1 aliphatic rings. The lowest BCUT2D eigenvalue weighted by atomic mass is 10.0. The molecule has 1 fully saturated rings. The quantitative estimate of drug-likeness (QED) is 0.262. The van der Waals surface area contributed by atoms with E-state index in [4.69, 9.17) is 12.2 Å². The monoisotopic (exact) mass is 442 g/mol. The van der Waals surface area contributed by atoms with Crippen molar-refractivity contribution in [1.82, 2.24) is 9.47 Å². The molecule has 4 aromatic rings. The number of thioether (sulfide) groups is 1. The van der Waals surface area contributed by atoms with Crippen LogP contribution < -0.4 is 0 Å². The first-order valence-electron chi connectivity index (χ1n) is 10.5. The van der Waals surface area contributed by atoms with E-state index in [0.29, 0.717) is 15.8 Å². The lowest BCUT2D eigenvalue weighted by Gasteiger charge is -2.11. The van der Waals surface area contributed by atoms with Crippen molar-refractivity contribution in [3.05, 3.63) is 89.0 Å². The van der Waals surface area contributed by atoms with Gasteiger partial charge in [-0.25, -0.2) is 0 Å². The summed E-state index contributed by atoms with van der Waals surface area (Å²) in [6, 6.07) is 23.3. The van der Waals surface area contributed by atoms with Gasteiger partial charge in [-0.05, 0) is 34.9 Å². The van der Waals surface area contributed by atoms with Crippen LogP contribution in [0.3, 0.4) is 0 Å². The fraction of sp³-hybridized carbons (Fsp3) is 0.154. The maximum atomic E-state index is 12.8. The Kier molecular flexibility index (Phi) is 5.38. The van der Waals surface area contributed by atoms with Crippen LogP contribution in [0.1, 0.15) is 24.5 Å². The van der Waals surface area contributed by atoms with Crippen LogP contribution in [0.25, 0.3) is 27.8 Å². The van der Waals surface area contributed by atoms with E-state index in [1.165, 1.54) is 28.1 Å². The van der Waals surface area contributed by atoms with Crippen LogP contribution in [-0.2, 0) is 11.3 Å². The average Bonchev–Trinajstić information content (AvgIpc) is 3.26. The van der Waals surface area contributed by atoms with E-state index in [9.17, 15) is 4.79 Å². The number of benzene rings is 3. The molecule has 0 unspecified atom stereocenters. The fourth-order valence-corrected chi connectivity index (χ4v) is 5.49. The number of fused-ring (bicyclic) bond motifs is 2. The minimum atomic E-state index is 0.0164. The first-order valence-corrected chi connectivity index (χ1v) is 11.7. The molecule has 5 heteroatoms. The molecule has 5 rings (SSSR count). The molecule has 0 N–H and O–H groups in total. The molecule has 0 radical (unpaired) electrons. The standard InChI is InChI=1S/C26H22N2OS2/c1-2-14-28-25(29)24(31-26(28)30)15-20-17-27(23-13-6-5-12-22(20)23)16-19-10-7-9-18-8-3-4-11-21(18)19/h3-13,15,17H,2,14,16H2,1H3/b24-15+. The van der Waals surface area contributed by atoms with Gasteiger partial charge >= 0.3 is 0 Å². The smallest absolute Gasteiger partial charge is 0.266 e. The Bertz CT molecular complexity index is 1350. The highest BCUT2D eigenvalue weighted by atomic mass is 32.2. The van der Waals surface area contributed by atoms with E-state index >= 15 is 0 Å². The van der Waals surface area contributed by atoms with Crippen LogP contribution in [0.2, 0.25) is 0 Å². The normalized spacial score (nSPS) is 15.6. The fourth-order valence-electron chi connectivity index (χ4n) is 4.19. The molecule has 0 bridgehead atoms. The largest absolute Gasteiger partial charge is 0.342 e. The van der Waals surface area contributed by atoms with Gasteiger partial charge in [-0.3, -0.25) is 9.69 Å². The van der Waals surface area contributed by atoms with Gasteiger partial charge in [0.1, 0.15) is 4.32 Å². The van der Waals surface area contributed by atoms with Gasteiger partial charge in [0.15, 0.2) is 0 Å². The number of aromatic nitrogens is 1. The Labute approximate surface area is 191 Å². The number of thiocarbonyl (C=S) groups is 1. The molecule has 1 saturated heterocycles. The van der Waals surface area contributed by atoms with E-state index in [2.05, 4.69) is 78.4 Å². The van der Waals surface area contributed by atoms with Gasteiger partial charge in [0.05, 0.1) is 4.91 Å². The molecule has 31 heavy (non-hydrogen) atoms. The highest BCUT2D eigenvalue weighted by Gasteiger charge is 2.31. The van der Waals surface area contributed by atoms with E-state index in [1.54, 1.807) is 4.90 Å². The molecule has 2 heterocycles. The molecular formula is C26H22N2OS2. The second kappa shape index (κ2) is 8.33. The highest BCUT2D eigenvalue weighted by Crippen LogP contribution is 2.34. The molecule has 0 aliphatic carbocycles. The Morgan fingerprint density at radius 2 is 1.71 bits per heavy atom. The topological polar surface area (TPSA) is 25.2 Å². The van der Waals surface area contributed by atoms with Crippen molar-refractivity contribution in [2.75, 3.05) is 6.54 Å². The number of hydrogen-bond acceptors (Lipinski definition) is 3. The maximum absolute atomic E-state index is 12.8. The average molecular weight is 443 g/mol. The second-order valence-corrected chi connectivity index (χ2v) is 9.38. The summed E-state index contributed by atoms with van der Waals surface area (Å²) >= 11 is 6.83. The predicted octanol–water partition coefficient (Wildman–Crippen LogP) is 6.45. The lowest BCUT2D eigenvalue weighted by molar-refractivity contribution is -0.122. The van der Waals surface area contributed by atoms with Crippen molar-refractivity contribution < 1.29 is 4.79 Å². The number of hydrogen-bond donors (Lipinski definition) is 0. The molecular weight excluding hydrogens is 420 g/mol. The third-order valence-electron chi connectivity index (χ3n) is 5.65. The van der Waals surface area contributed by atoms with E-state index in [-0.39, 0.29) is 5.91 Å². The molecule has 0 saturated carbocycles. The van der Waals surface area contributed by atoms with Gasteiger partial charge in [-0.1, -0.05) is 91.6 Å². The summed E-state index contributed by atoms with van der Waals surface area (Å²) in [6.45, 7) is 3.50. The number of amides is 1. The number of para-hydroxylation sites is 1. The summed E-state index contributed by atoms with van der Waals surface area (Å²) in [5, 5.41) is 3.66. The molecule has 3 nitrogen and oxygen atoms in total. The molecule has 1 aromatic heterocycles. The summed E-state index contributed by atoms with van der Waals surface area (Å²) in [7, 11) is 0. The van der Waals surface area contributed by atoms with Gasteiger partial charge < -0.3 is 4.57 Å². The summed E-state index contributed by atoms with van der Waals surface area (Å²) in [4.78, 5) is 15.2. The van der Waals surface area contributed by atoms with Crippen molar-refractivity contribution in [2.24, 2.45) is 0 Å². The zero-order valence-electron chi connectivity index (χ0n) is 17.2. The summed E-state index contributed by atoms with van der Waals surface area (Å²) < 4.78 is 2.92. The van der Waals surface area contributed by atoms with Crippen molar-refractivity contribution in [1.29, 1.82) is 0 Å². The van der Waals surface area contributed by atoms with Crippen LogP contribution in [0.4, 0.5) is 0 Å². The summed E-state index contributed by atoms with van der Waals surface area (Å²) in [5.74, 6) is 0.0164. The van der Waals surface area contributed by atoms with E-state index in [0.717, 1.165) is 29.4 Å². The van der Waals surface area contributed by atoms with Gasteiger partial charge in [0, 0.05) is 35.8 Å². The summed E-state index contributed by atoms with van der Waals surface area (Å²) in [6.07, 6.45) is 5.04. The van der Waals surface area contributed by atoms with E-state index in [1.807, 2.05) is 12.1 Å². The molecule has 1 amide bonds. The Hall–Kier alpha value is -2.89. The van der Waals surface area contributed by atoms with Crippen molar-refractivity contribution in [3.8, 4) is 0 Å². The maximum Gasteiger partial charge on any atom is 0.266 e. The van der Waals surface area contributed by atoms with Gasteiger partial charge in [-0.2, -0.15) is 0 Å². The lowest BCUT2D eigenvalue weighted by Crippen LogP contribution is -2.28. The number of rotatable bonds is 5. The molecule has 1 aliphatic heterocycles. The first kappa shape index (κ1) is 20.0. The van der Waals surface area contributed by atoms with Crippen LogP contribution >= 0.6 is 24.0 Å². The molecule has 3 aromatic carbocycles. The van der Waals surface area contributed by atoms with Gasteiger partial charge in [-0.15, -0.1) is 0 Å². The third kappa shape index (κ3) is 3.68. The molecule has 0 spiro atoms. The first-order chi connectivity index (χ1) is 15.2. The van der Waals surface area contributed by atoms with E-state index < -0.39 is 0 Å². The predicted molar refractivity (Wildman–Crippen MR) is 135 cm³/mol. The zero-order valence-corrected chi connectivity index (χ0v) is 18.9. The summed E-state index contributed by atoms with van der Waals surface area (Å²) in [5.41, 5.74) is 3.48. The Morgan fingerprint density at radius 1 is 0.968 bits per heavy atom. The number of carbonyl (C=O) groups is 1. The highest BCUT2D eigenvalue weighted by molar-refractivity contribution is 8.26. The number of carbonyl (C=O) groups excluding carboxylic acids is 1. The minimum absolute atomic E-state index is 0.0164. The zero-order chi connectivity index (χ0) is 21.4. The van der Waals surface area contributed by atoms with Crippen LogP contribution in [0.15, 0.2) is 77.8 Å². The van der Waals surface area contributed by atoms with Crippen LogP contribution in [0, 0.1) is 0 Å². The third-order valence-corrected chi connectivity index (χ3v) is 7.03. The molecule has 154 valence electrons. The van der Waals surface area contributed by atoms with Gasteiger partial charge in [0.2, 0.25) is 0 Å². The SMILES string of the molecule is CCCN1C(=O)/C(=C\c2cn(Cc3cccc4ccccc34)c3ccccc23)SC1=S. The van der Waals surface area contributed by atoms with Crippen molar-refractivity contribution >= 4 is 62.0 Å². The van der Waals surface area contributed by atoms with Crippen LogP contribution in [0.5, 0.6) is 0 Å². The van der Waals surface area contributed by atoms with Crippen molar-refractivity contribution in [3.63, 3.8) is 0 Å².